The minimum atomic E-state index is -1.18. The van der Waals surface area contributed by atoms with Crippen molar-refractivity contribution in [1.82, 2.24) is 15.3 Å². The van der Waals surface area contributed by atoms with Crippen molar-refractivity contribution in [2.75, 3.05) is 36.5 Å². The molecule has 4 N–H and O–H groups in total. The van der Waals surface area contributed by atoms with Gasteiger partial charge in [-0.2, -0.15) is 0 Å². The summed E-state index contributed by atoms with van der Waals surface area (Å²) in [6.07, 6.45) is -1.18. The zero-order valence-electron chi connectivity index (χ0n) is 21.4. The number of nitrogens with zero attached hydrogens (tertiary/aromatic N) is 4. The fourth-order valence-corrected chi connectivity index (χ4v) is 4.62. The summed E-state index contributed by atoms with van der Waals surface area (Å²) < 4.78 is 11.0. The van der Waals surface area contributed by atoms with Gasteiger partial charge in [-0.3, -0.25) is 15.6 Å². The Morgan fingerprint density at radius 1 is 0.925 bits per heavy atom. The largest absolute Gasteiger partial charge is 0.405 e. The van der Waals surface area contributed by atoms with Crippen LogP contribution < -0.4 is 15.5 Å². The van der Waals surface area contributed by atoms with E-state index in [-0.39, 0.29) is 11.6 Å². The Bertz CT molecular complexity index is 1630. The number of morpholine rings is 1. The fraction of sp³-hybridized carbons (Fsp3) is 0.172. The first kappa shape index (κ1) is 25.1. The zero-order valence-corrected chi connectivity index (χ0v) is 21.4. The van der Waals surface area contributed by atoms with Gasteiger partial charge >= 0.3 is 0 Å². The van der Waals surface area contributed by atoms with Crippen LogP contribution in [0, 0.1) is 10.8 Å². The molecule has 40 heavy (non-hydrogen) atoms. The van der Waals surface area contributed by atoms with Gasteiger partial charge in [-0.1, -0.05) is 60.7 Å². The topological polar surface area (TPSA) is 149 Å². The summed E-state index contributed by atoms with van der Waals surface area (Å²) in [7, 11) is 0. The summed E-state index contributed by atoms with van der Waals surface area (Å²) in [6, 6.07) is 23.8. The smallest absolute Gasteiger partial charge is 0.290 e. The molecule has 4 aromatic rings. The van der Waals surface area contributed by atoms with Crippen LogP contribution in [0.2, 0.25) is 0 Å². The summed E-state index contributed by atoms with van der Waals surface area (Å²) in [4.78, 5) is 29.2. The lowest BCUT2D eigenvalue weighted by Crippen LogP contribution is -2.44. The highest BCUT2D eigenvalue weighted by Crippen LogP contribution is 2.25. The number of para-hydroxylation sites is 3. The third-order valence-electron chi connectivity index (χ3n) is 6.54. The molecule has 0 saturated carbocycles. The van der Waals surface area contributed by atoms with Gasteiger partial charge < -0.3 is 25.0 Å². The second kappa shape index (κ2) is 10.9. The molecule has 0 spiro atoms. The average Bonchev–Trinajstić information content (AvgIpc) is 3.13. The van der Waals surface area contributed by atoms with Crippen molar-refractivity contribution in [3.63, 3.8) is 0 Å². The number of amidine groups is 1. The van der Waals surface area contributed by atoms with E-state index < -0.39 is 18.1 Å². The van der Waals surface area contributed by atoms with Crippen molar-refractivity contribution < 1.29 is 14.3 Å². The summed E-state index contributed by atoms with van der Waals surface area (Å²) in [5.41, 5.74) is 4.25. The fourth-order valence-electron chi connectivity index (χ4n) is 4.62. The maximum absolute atomic E-state index is 13.1. The number of amides is 1. The normalized spacial score (nSPS) is 16.8. The molecule has 1 amide bonds. The Hall–Kier alpha value is -5.16. The van der Waals surface area contributed by atoms with Gasteiger partial charge in [-0.05, 0) is 18.2 Å². The maximum Gasteiger partial charge on any atom is 0.290 e. The zero-order chi connectivity index (χ0) is 27.5. The number of carbonyl (C=O) groups is 1. The molecule has 1 saturated heterocycles. The molecule has 0 bridgehead atoms. The summed E-state index contributed by atoms with van der Waals surface area (Å²) >= 11 is 0. The molecule has 0 unspecified atom stereocenters. The average molecular weight is 535 g/mol. The molecule has 200 valence electrons. The van der Waals surface area contributed by atoms with Gasteiger partial charge in [0.05, 0.1) is 35.6 Å². The van der Waals surface area contributed by atoms with Crippen molar-refractivity contribution in [2.24, 2.45) is 4.99 Å². The molecule has 3 heterocycles. The minimum Gasteiger partial charge on any atom is -0.405 e. The second-order valence-electron chi connectivity index (χ2n) is 9.17. The van der Waals surface area contributed by atoms with Gasteiger partial charge in [0.25, 0.3) is 11.9 Å². The van der Waals surface area contributed by atoms with E-state index in [1.807, 2.05) is 71.6 Å². The van der Waals surface area contributed by atoms with Crippen LogP contribution >= 0.6 is 0 Å². The Balaban J connectivity index is 1.27. The molecule has 2 aliphatic rings. The van der Waals surface area contributed by atoms with Gasteiger partial charge in [0.15, 0.2) is 11.5 Å². The van der Waals surface area contributed by atoms with Crippen LogP contribution in [0.3, 0.4) is 0 Å². The number of fused-ring (bicyclic) bond motifs is 2. The summed E-state index contributed by atoms with van der Waals surface area (Å²) in [6.45, 7) is 2.23. The lowest BCUT2D eigenvalue weighted by Gasteiger charge is -2.29. The van der Waals surface area contributed by atoms with E-state index in [0.29, 0.717) is 54.6 Å². The van der Waals surface area contributed by atoms with Gasteiger partial charge in [0.1, 0.15) is 0 Å². The molecular weight excluding hydrogens is 508 g/mol. The highest BCUT2D eigenvalue weighted by molar-refractivity contribution is 6.19. The van der Waals surface area contributed by atoms with Crippen molar-refractivity contribution in [3.8, 4) is 0 Å². The number of hydrogen-bond donors (Lipinski definition) is 4. The predicted molar refractivity (Wildman–Crippen MR) is 152 cm³/mol. The number of hydrogen-bond acceptors (Lipinski definition) is 9. The molecule has 0 aliphatic carbocycles. The van der Waals surface area contributed by atoms with E-state index in [4.69, 9.17) is 25.3 Å². The highest BCUT2D eigenvalue weighted by Gasteiger charge is 2.28. The number of rotatable bonds is 4. The van der Waals surface area contributed by atoms with Crippen molar-refractivity contribution in [1.29, 1.82) is 10.8 Å². The Morgan fingerprint density at radius 3 is 2.38 bits per heavy atom. The molecule has 6 rings (SSSR count). The molecule has 3 aromatic carbocycles. The predicted octanol–water partition coefficient (Wildman–Crippen LogP) is 3.15. The van der Waals surface area contributed by atoms with Gasteiger partial charge in [-0.25, -0.2) is 15.0 Å². The van der Waals surface area contributed by atoms with Crippen molar-refractivity contribution in [3.05, 3.63) is 95.7 Å². The monoisotopic (exact) mass is 534 g/mol. The van der Waals surface area contributed by atoms with Crippen LogP contribution in [-0.2, 0) is 14.3 Å². The number of carbonyl (C=O) groups excluding carboxylic acids is 1. The first-order valence-electron chi connectivity index (χ1n) is 12.8. The second-order valence-corrected chi connectivity index (χ2v) is 9.17. The number of aromatic nitrogens is 2. The van der Waals surface area contributed by atoms with E-state index in [9.17, 15) is 4.79 Å². The van der Waals surface area contributed by atoms with Crippen LogP contribution in [0.4, 0.5) is 11.5 Å². The van der Waals surface area contributed by atoms with Gasteiger partial charge in [0.2, 0.25) is 12.1 Å². The first-order valence-corrected chi connectivity index (χ1v) is 12.8. The molecule has 11 heteroatoms. The van der Waals surface area contributed by atoms with Crippen LogP contribution in [0.15, 0.2) is 83.9 Å². The van der Waals surface area contributed by atoms with E-state index in [1.165, 1.54) is 0 Å². The molecule has 0 radical (unpaired) electrons. The standard InChI is InChI=1S/C29H26N8O3/c30-25(24-27(37-14-16-39-17-15-37)33-22-13-7-6-12-21(22)32-24)40-29(31)36-26-28(38)34-20-11-5-4-10-19(20)23(35-26)18-8-2-1-3-9-18/h1-13,26,30H,14-17H2,(H2,31,36)(H,34,38)/t26-/m1/s1. The molecule has 1 atom stereocenters. The van der Waals surface area contributed by atoms with Crippen LogP contribution in [0.1, 0.15) is 16.8 Å². The Labute approximate surface area is 229 Å². The summed E-state index contributed by atoms with van der Waals surface area (Å²) in [5, 5.41) is 22.7. The number of nitrogens with one attached hydrogen (secondary N) is 4. The summed E-state index contributed by atoms with van der Waals surface area (Å²) in [5.74, 6) is -0.355. The molecule has 1 aromatic heterocycles. The number of benzodiazepines with no additional fused rings is 1. The highest BCUT2D eigenvalue weighted by atomic mass is 16.5. The van der Waals surface area contributed by atoms with Gasteiger partial charge in [0, 0.05) is 24.2 Å². The number of aliphatic imine (C=N–C) groups is 1. The van der Waals surface area contributed by atoms with Crippen LogP contribution in [0.25, 0.3) is 11.0 Å². The third kappa shape index (κ3) is 5.09. The van der Waals surface area contributed by atoms with Crippen molar-refractivity contribution >= 4 is 46.1 Å². The Kier molecular flexibility index (Phi) is 6.86. The third-order valence-corrected chi connectivity index (χ3v) is 6.54. The quantitative estimate of drug-likeness (QED) is 0.232. The van der Waals surface area contributed by atoms with E-state index in [1.54, 1.807) is 12.1 Å². The number of ether oxygens (including phenoxy) is 2. The van der Waals surface area contributed by atoms with Crippen LogP contribution in [0.5, 0.6) is 0 Å². The number of anilines is 2. The molecule has 1 fully saturated rings. The molecule has 11 nitrogen and oxygen atoms in total. The minimum absolute atomic E-state index is 0.193. The van der Waals surface area contributed by atoms with Crippen molar-refractivity contribution in [2.45, 2.75) is 6.17 Å². The first-order chi connectivity index (χ1) is 19.6. The SMILES string of the molecule is N=C(N[C@H]1N=C(c2ccccc2)c2ccccc2NC1=O)OC(=N)c1nc2ccccc2nc1N1CCOCC1. The van der Waals surface area contributed by atoms with Crippen LogP contribution in [-0.4, -0.2) is 66.0 Å². The lowest BCUT2D eigenvalue weighted by atomic mass is 10.0. The lowest BCUT2D eigenvalue weighted by molar-refractivity contribution is -0.117. The molecule has 2 aliphatic heterocycles. The molecular formula is C29H26N8O3. The maximum atomic E-state index is 13.1. The van der Waals surface area contributed by atoms with E-state index in [2.05, 4.69) is 20.6 Å². The Morgan fingerprint density at radius 2 is 1.60 bits per heavy atom. The van der Waals surface area contributed by atoms with E-state index in [0.717, 1.165) is 11.1 Å². The van der Waals surface area contributed by atoms with E-state index >= 15 is 0 Å². The number of benzene rings is 3. The van der Waals surface area contributed by atoms with Gasteiger partial charge in [-0.15, -0.1) is 0 Å².